The van der Waals surface area contributed by atoms with Gasteiger partial charge in [0.05, 0.1) is 6.04 Å². The standard InChI is InChI=1S/C11H23N3O/c1-4-14-9(5-7-12)10(15)13-8-6-11(14,2)3/h9H,4-8,12H2,1-3H3,(H,13,15). The van der Waals surface area contributed by atoms with Crippen molar-refractivity contribution in [2.45, 2.75) is 45.2 Å². The maximum absolute atomic E-state index is 11.9. The van der Waals surface area contributed by atoms with E-state index in [1.54, 1.807) is 0 Å². The smallest absolute Gasteiger partial charge is 0.237 e. The molecule has 1 atom stereocenters. The Balaban J connectivity index is 2.88. The number of carbonyl (C=O) groups excluding carboxylic acids is 1. The predicted molar refractivity (Wildman–Crippen MR) is 61.5 cm³/mol. The normalized spacial score (nSPS) is 27.2. The molecule has 1 heterocycles. The first-order valence-corrected chi connectivity index (χ1v) is 5.77. The Morgan fingerprint density at radius 2 is 2.27 bits per heavy atom. The first-order chi connectivity index (χ1) is 7.03. The van der Waals surface area contributed by atoms with Gasteiger partial charge in [0.25, 0.3) is 0 Å². The van der Waals surface area contributed by atoms with Crippen molar-refractivity contribution in [2.75, 3.05) is 19.6 Å². The van der Waals surface area contributed by atoms with Crippen LogP contribution in [0.4, 0.5) is 0 Å². The molecule has 4 nitrogen and oxygen atoms in total. The fourth-order valence-electron chi connectivity index (χ4n) is 2.41. The maximum atomic E-state index is 11.9. The van der Waals surface area contributed by atoms with Gasteiger partial charge < -0.3 is 11.1 Å². The zero-order chi connectivity index (χ0) is 11.5. The molecule has 1 unspecified atom stereocenters. The first-order valence-electron chi connectivity index (χ1n) is 5.77. The van der Waals surface area contributed by atoms with E-state index in [4.69, 9.17) is 5.73 Å². The van der Waals surface area contributed by atoms with Crippen LogP contribution in [0.1, 0.15) is 33.6 Å². The van der Waals surface area contributed by atoms with E-state index in [0.29, 0.717) is 6.54 Å². The van der Waals surface area contributed by atoms with E-state index in [1.165, 1.54) is 0 Å². The van der Waals surface area contributed by atoms with Gasteiger partial charge in [-0.15, -0.1) is 0 Å². The van der Waals surface area contributed by atoms with Crippen molar-refractivity contribution in [3.05, 3.63) is 0 Å². The number of likely N-dealkylation sites (N-methyl/N-ethyl adjacent to an activating group) is 1. The summed E-state index contributed by atoms with van der Waals surface area (Å²) in [4.78, 5) is 14.1. The molecule has 1 aliphatic heterocycles. The van der Waals surface area contributed by atoms with E-state index < -0.39 is 0 Å². The number of carbonyl (C=O) groups is 1. The molecule has 1 aliphatic rings. The maximum Gasteiger partial charge on any atom is 0.237 e. The van der Waals surface area contributed by atoms with Crippen LogP contribution in [0.5, 0.6) is 0 Å². The van der Waals surface area contributed by atoms with E-state index in [9.17, 15) is 4.79 Å². The molecule has 88 valence electrons. The van der Waals surface area contributed by atoms with Crippen molar-refractivity contribution >= 4 is 5.91 Å². The number of amides is 1. The topological polar surface area (TPSA) is 58.4 Å². The van der Waals surface area contributed by atoms with Gasteiger partial charge in [-0.1, -0.05) is 6.92 Å². The molecule has 1 rings (SSSR count). The molecule has 1 amide bonds. The summed E-state index contributed by atoms with van der Waals surface area (Å²) in [7, 11) is 0. The molecule has 0 aromatic heterocycles. The molecule has 0 bridgehead atoms. The van der Waals surface area contributed by atoms with E-state index in [0.717, 1.165) is 25.9 Å². The minimum atomic E-state index is -0.0579. The van der Waals surface area contributed by atoms with Crippen molar-refractivity contribution in [1.82, 2.24) is 10.2 Å². The highest BCUT2D eigenvalue weighted by Crippen LogP contribution is 2.24. The highest BCUT2D eigenvalue weighted by atomic mass is 16.2. The third-order valence-corrected chi connectivity index (χ3v) is 3.27. The summed E-state index contributed by atoms with van der Waals surface area (Å²) in [6.07, 6.45) is 1.73. The summed E-state index contributed by atoms with van der Waals surface area (Å²) in [6, 6.07) is -0.0579. The molecular weight excluding hydrogens is 190 g/mol. The Kier molecular flexibility index (Phi) is 4.11. The zero-order valence-corrected chi connectivity index (χ0v) is 10.0. The lowest BCUT2D eigenvalue weighted by atomic mass is 9.96. The molecule has 4 heteroatoms. The highest BCUT2D eigenvalue weighted by molar-refractivity contribution is 5.82. The summed E-state index contributed by atoms with van der Waals surface area (Å²) in [5.41, 5.74) is 5.65. The Hall–Kier alpha value is -0.610. The second-order valence-corrected chi connectivity index (χ2v) is 4.73. The van der Waals surface area contributed by atoms with Crippen LogP contribution in [0.15, 0.2) is 0 Å². The van der Waals surface area contributed by atoms with Crippen molar-refractivity contribution in [2.24, 2.45) is 5.73 Å². The second-order valence-electron chi connectivity index (χ2n) is 4.73. The molecule has 3 N–H and O–H groups in total. The molecule has 0 aromatic rings. The van der Waals surface area contributed by atoms with Crippen LogP contribution in [0, 0.1) is 0 Å². The van der Waals surface area contributed by atoms with Crippen LogP contribution in [0.25, 0.3) is 0 Å². The van der Waals surface area contributed by atoms with Crippen LogP contribution in [0.3, 0.4) is 0 Å². The lowest BCUT2D eigenvalue weighted by Crippen LogP contribution is -2.52. The molecule has 0 radical (unpaired) electrons. The van der Waals surface area contributed by atoms with Crippen molar-refractivity contribution in [3.8, 4) is 0 Å². The van der Waals surface area contributed by atoms with E-state index in [-0.39, 0.29) is 17.5 Å². The Morgan fingerprint density at radius 3 is 2.80 bits per heavy atom. The monoisotopic (exact) mass is 213 g/mol. The van der Waals surface area contributed by atoms with Gasteiger partial charge in [0, 0.05) is 12.1 Å². The van der Waals surface area contributed by atoms with Gasteiger partial charge >= 0.3 is 0 Å². The number of nitrogens with two attached hydrogens (primary N) is 1. The molecule has 0 saturated carbocycles. The molecule has 0 aliphatic carbocycles. The van der Waals surface area contributed by atoms with E-state index in [1.807, 2.05) is 0 Å². The third kappa shape index (κ3) is 2.69. The summed E-state index contributed by atoms with van der Waals surface area (Å²) in [5, 5.41) is 2.96. The van der Waals surface area contributed by atoms with Crippen LogP contribution in [-0.4, -0.2) is 42.0 Å². The summed E-state index contributed by atoms with van der Waals surface area (Å²) in [5.74, 6) is 0.132. The minimum Gasteiger partial charge on any atom is -0.355 e. The number of hydrogen-bond acceptors (Lipinski definition) is 3. The van der Waals surface area contributed by atoms with Gasteiger partial charge in [-0.3, -0.25) is 9.69 Å². The average molecular weight is 213 g/mol. The largest absolute Gasteiger partial charge is 0.355 e. The van der Waals surface area contributed by atoms with Crippen LogP contribution >= 0.6 is 0 Å². The van der Waals surface area contributed by atoms with Gasteiger partial charge in [0.1, 0.15) is 0 Å². The number of nitrogens with zero attached hydrogens (tertiary/aromatic N) is 1. The Morgan fingerprint density at radius 1 is 1.60 bits per heavy atom. The van der Waals surface area contributed by atoms with E-state index >= 15 is 0 Å². The predicted octanol–water partition coefficient (Wildman–Crippen LogP) is 0.324. The van der Waals surface area contributed by atoms with Crippen LogP contribution < -0.4 is 11.1 Å². The highest BCUT2D eigenvalue weighted by Gasteiger charge is 2.37. The third-order valence-electron chi connectivity index (χ3n) is 3.27. The van der Waals surface area contributed by atoms with E-state index in [2.05, 4.69) is 31.0 Å². The summed E-state index contributed by atoms with van der Waals surface area (Å²) in [6.45, 7) is 8.71. The van der Waals surface area contributed by atoms with Gasteiger partial charge in [-0.25, -0.2) is 0 Å². The summed E-state index contributed by atoms with van der Waals surface area (Å²) >= 11 is 0. The molecule has 1 saturated heterocycles. The Bertz CT molecular complexity index is 228. The quantitative estimate of drug-likeness (QED) is 0.710. The molecule has 0 aromatic carbocycles. The molecular formula is C11H23N3O. The lowest BCUT2D eigenvalue weighted by molar-refractivity contribution is -0.127. The number of hydrogen-bond donors (Lipinski definition) is 2. The lowest BCUT2D eigenvalue weighted by Gasteiger charge is -2.40. The molecule has 1 fully saturated rings. The van der Waals surface area contributed by atoms with Crippen molar-refractivity contribution in [3.63, 3.8) is 0 Å². The van der Waals surface area contributed by atoms with Crippen molar-refractivity contribution < 1.29 is 4.79 Å². The van der Waals surface area contributed by atoms with Crippen molar-refractivity contribution in [1.29, 1.82) is 0 Å². The van der Waals surface area contributed by atoms with Gasteiger partial charge in [-0.2, -0.15) is 0 Å². The molecule has 0 spiro atoms. The summed E-state index contributed by atoms with van der Waals surface area (Å²) < 4.78 is 0. The van der Waals surface area contributed by atoms with Gasteiger partial charge in [0.2, 0.25) is 5.91 Å². The fraction of sp³-hybridized carbons (Fsp3) is 0.909. The zero-order valence-electron chi connectivity index (χ0n) is 10.0. The SMILES string of the molecule is CCN1C(CCN)C(=O)NCCC1(C)C. The number of nitrogens with one attached hydrogen (secondary N) is 1. The Labute approximate surface area is 92.2 Å². The average Bonchev–Trinajstić information content (AvgIpc) is 2.25. The van der Waals surface area contributed by atoms with Crippen LogP contribution in [-0.2, 0) is 4.79 Å². The second kappa shape index (κ2) is 4.94. The van der Waals surface area contributed by atoms with Crippen LogP contribution in [0.2, 0.25) is 0 Å². The van der Waals surface area contributed by atoms with Gasteiger partial charge in [0.15, 0.2) is 0 Å². The molecule has 15 heavy (non-hydrogen) atoms. The fourth-order valence-corrected chi connectivity index (χ4v) is 2.41. The van der Waals surface area contributed by atoms with Gasteiger partial charge in [-0.05, 0) is 39.8 Å². The number of rotatable bonds is 3. The first kappa shape index (κ1) is 12.5. The minimum absolute atomic E-state index is 0.0579.